The summed E-state index contributed by atoms with van der Waals surface area (Å²) in [6, 6.07) is 0.385. The zero-order valence-corrected chi connectivity index (χ0v) is 12.4. The maximum absolute atomic E-state index is 9.14. The Labute approximate surface area is 112 Å². The summed E-state index contributed by atoms with van der Waals surface area (Å²) >= 11 is 0. The average Bonchev–Trinajstić information content (AvgIpc) is 2.23. The van der Waals surface area contributed by atoms with Gasteiger partial charge in [0, 0.05) is 32.3 Å². The molecule has 0 aromatic carbocycles. The van der Waals surface area contributed by atoms with Crippen LogP contribution in [-0.4, -0.2) is 60.5 Å². The smallest absolute Gasteiger partial charge is 0.0757 e. The molecule has 108 valence electrons. The Morgan fingerprint density at radius 2 is 2.22 bits per heavy atom. The van der Waals surface area contributed by atoms with E-state index in [9.17, 15) is 0 Å². The van der Waals surface area contributed by atoms with Gasteiger partial charge in [0.25, 0.3) is 0 Å². The van der Waals surface area contributed by atoms with Crippen LogP contribution in [-0.2, 0) is 4.74 Å². The molecule has 0 amide bonds. The molecule has 4 heteroatoms. The molecular weight excluding hydrogens is 228 g/mol. The molecular formula is C14H30N2O2. The summed E-state index contributed by atoms with van der Waals surface area (Å²) in [6.45, 7) is 12.8. The lowest BCUT2D eigenvalue weighted by atomic mass is 10.0. The van der Waals surface area contributed by atoms with E-state index in [1.54, 1.807) is 0 Å². The monoisotopic (exact) mass is 258 g/mol. The molecule has 1 aliphatic rings. The van der Waals surface area contributed by atoms with Crippen molar-refractivity contribution in [3.63, 3.8) is 0 Å². The van der Waals surface area contributed by atoms with Gasteiger partial charge in [0.1, 0.15) is 0 Å². The van der Waals surface area contributed by atoms with Crippen LogP contribution in [0.25, 0.3) is 0 Å². The fraction of sp³-hybridized carbons (Fsp3) is 1.00. The first kappa shape index (κ1) is 15.9. The number of aliphatic hydroxyl groups excluding tert-OH is 1. The quantitative estimate of drug-likeness (QED) is 0.721. The Morgan fingerprint density at radius 3 is 2.78 bits per heavy atom. The summed E-state index contributed by atoms with van der Waals surface area (Å²) in [7, 11) is 0. The summed E-state index contributed by atoms with van der Waals surface area (Å²) in [4.78, 5) is 2.46. The molecule has 1 rings (SSSR count). The molecule has 1 aliphatic heterocycles. The summed E-state index contributed by atoms with van der Waals surface area (Å²) < 4.78 is 5.92. The second kappa shape index (κ2) is 7.43. The standard InChI is InChI=1S/C14H30N2O2/c1-5-7-15-13(6-8-17)10-16-9-12(2)18-14(3,4)11-16/h12-13,15,17H,5-11H2,1-4H3. The van der Waals surface area contributed by atoms with E-state index in [0.717, 1.165) is 39.0 Å². The van der Waals surface area contributed by atoms with Crippen LogP contribution in [0.15, 0.2) is 0 Å². The molecule has 1 saturated heterocycles. The number of nitrogens with zero attached hydrogens (tertiary/aromatic N) is 1. The van der Waals surface area contributed by atoms with Crippen molar-refractivity contribution in [1.82, 2.24) is 10.2 Å². The SMILES string of the molecule is CCCNC(CCO)CN1CC(C)OC(C)(C)C1. The number of rotatable bonds is 7. The van der Waals surface area contributed by atoms with Gasteiger partial charge < -0.3 is 15.2 Å². The normalized spacial score (nSPS) is 26.2. The van der Waals surface area contributed by atoms with Crippen LogP contribution in [0.5, 0.6) is 0 Å². The van der Waals surface area contributed by atoms with Gasteiger partial charge in [-0.3, -0.25) is 4.90 Å². The molecule has 18 heavy (non-hydrogen) atoms. The number of ether oxygens (including phenoxy) is 1. The van der Waals surface area contributed by atoms with Gasteiger partial charge in [0.15, 0.2) is 0 Å². The van der Waals surface area contributed by atoms with Crippen LogP contribution in [0.1, 0.15) is 40.5 Å². The van der Waals surface area contributed by atoms with Gasteiger partial charge in [-0.2, -0.15) is 0 Å². The molecule has 4 nitrogen and oxygen atoms in total. The molecule has 0 aromatic heterocycles. The van der Waals surface area contributed by atoms with Crippen LogP contribution in [0.3, 0.4) is 0 Å². The van der Waals surface area contributed by atoms with E-state index in [1.807, 2.05) is 0 Å². The van der Waals surface area contributed by atoms with Crippen molar-refractivity contribution in [2.45, 2.75) is 58.3 Å². The molecule has 2 N–H and O–H groups in total. The molecule has 0 aliphatic carbocycles. The van der Waals surface area contributed by atoms with E-state index >= 15 is 0 Å². The van der Waals surface area contributed by atoms with Gasteiger partial charge in [-0.25, -0.2) is 0 Å². The van der Waals surface area contributed by atoms with E-state index in [1.165, 1.54) is 0 Å². The highest BCUT2D eigenvalue weighted by molar-refractivity contribution is 4.85. The summed E-state index contributed by atoms with van der Waals surface area (Å²) in [5.74, 6) is 0. The van der Waals surface area contributed by atoms with Crippen molar-refractivity contribution < 1.29 is 9.84 Å². The predicted molar refractivity (Wildman–Crippen MR) is 74.9 cm³/mol. The maximum Gasteiger partial charge on any atom is 0.0757 e. The Bertz CT molecular complexity index is 234. The van der Waals surface area contributed by atoms with Crippen LogP contribution in [0, 0.1) is 0 Å². The lowest BCUT2D eigenvalue weighted by Crippen LogP contribution is -2.55. The van der Waals surface area contributed by atoms with Crippen molar-refractivity contribution in [3.8, 4) is 0 Å². The Balaban J connectivity index is 2.46. The molecule has 0 aromatic rings. The summed E-state index contributed by atoms with van der Waals surface area (Å²) in [5.41, 5.74) is -0.0633. The highest BCUT2D eigenvalue weighted by Crippen LogP contribution is 2.20. The van der Waals surface area contributed by atoms with E-state index in [4.69, 9.17) is 9.84 Å². The van der Waals surface area contributed by atoms with Gasteiger partial charge in [-0.05, 0) is 40.2 Å². The minimum atomic E-state index is -0.0633. The zero-order chi connectivity index (χ0) is 13.6. The van der Waals surface area contributed by atoms with E-state index in [-0.39, 0.29) is 18.3 Å². The molecule has 0 bridgehead atoms. The number of hydrogen-bond acceptors (Lipinski definition) is 4. The zero-order valence-electron chi connectivity index (χ0n) is 12.4. The van der Waals surface area contributed by atoms with Gasteiger partial charge in [-0.1, -0.05) is 6.92 Å². The Morgan fingerprint density at radius 1 is 1.50 bits per heavy atom. The number of aliphatic hydroxyl groups is 1. The van der Waals surface area contributed by atoms with Crippen LogP contribution in [0.4, 0.5) is 0 Å². The van der Waals surface area contributed by atoms with Gasteiger partial charge in [0.2, 0.25) is 0 Å². The topological polar surface area (TPSA) is 44.7 Å². The number of nitrogens with one attached hydrogen (secondary N) is 1. The molecule has 2 atom stereocenters. The van der Waals surface area contributed by atoms with Crippen LogP contribution in [0.2, 0.25) is 0 Å². The number of morpholine rings is 1. The molecule has 2 unspecified atom stereocenters. The minimum absolute atomic E-state index is 0.0633. The second-order valence-corrected chi connectivity index (χ2v) is 6.05. The molecule has 0 saturated carbocycles. The molecule has 1 fully saturated rings. The van der Waals surface area contributed by atoms with Crippen molar-refractivity contribution >= 4 is 0 Å². The van der Waals surface area contributed by atoms with Crippen molar-refractivity contribution in [1.29, 1.82) is 0 Å². The first-order valence-electron chi connectivity index (χ1n) is 7.21. The lowest BCUT2D eigenvalue weighted by molar-refractivity contribution is -0.130. The fourth-order valence-corrected chi connectivity index (χ4v) is 2.80. The van der Waals surface area contributed by atoms with E-state index < -0.39 is 0 Å². The third-order valence-corrected chi connectivity index (χ3v) is 3.28. The van der Waals surface area contributed by atoms with Crippen LogP contribution >= 0.6 is 0 Å². The van der Waals surface area contributed by atoms with Crippen LogP contribution < -0.4 is 5.32 Å². The fourth-order valence-electron chi connectivity index (χ4n) is 2.80. The molecule has 0 radical (unpaired) electrons. The third kappa shape index (κ3) is 5.65. The van der Waals surface area contributed by atoms with Gasteiger partial charge >= 0.3 is 0 Å². The highest BCUT2D eigenvalue weighted by Gasteiger charge is 2.31. The van der Waals surface area contributed by atoms with Crippen molar-refractivity contribution in [3.05, 3.63) is 0 Å². The third-order valence-electron chi connectivity index (χ3n) is 3.28. The lowest BCUT2D eigenvalue weighted by Gasteiger charge is -2.43. The highest BCUT2D eigenvalue weighted by atomic mass is 16.5. The largest absolute Gasteiger partial charge is 0.396 e. The van der Waals surface area contributed by atoms with Crippen molar-refractivity contribution in [2.24, 2.45) is 0 Å². The minimum Gasteiger partial charge on any atom is -0.396 e. The van der Waals surface area contributed by atoms with Gasteiger partial charge in [0.05, 0.1) is 11.7 Å². The summed E-state index contributed by atoms with van der Waals surface area (Å²) in [6.07, 6.45) is 2.24. The molecule has 1 heterocycles. The Hall–Kier alpha value is -0.160. The second-order valence-electron chi connectivity index (χ2n) is 6.05. The summed E-state index contributed by atoms with van der Waals surface area (Å²) in [5, 5.41) is 12.7. The predicted octanol–water partition coefficient (Wildman–Crippen LogP) is 1.24. The van der Waals surface area contributed by atoms with E-state index in [2.05, 4.69) is 37.9 Å². The van der Waals surface area contributed by atoms with Gasteiger partial charge in [-0.15, -0.1) is 0 Å². The van der Waals surface area contributed by atoms with Crippen molar-refractivity contribution in [2.75, 3.05) is 32.8 Å². The molecule has 0 spiro atoms. The average molecular weight is 258 g/mol. The van der Waals surface area contributed by atoms with E-state index in [0.29, 0.717) is 6.04 Å². The maximum atomic E-state index is 9.14. The first-order valence-corrected chi connectivity index (χ1v) is 7.21. The Kier molecular flexibility index (Phi) is 6.57. The number of hydrogen-bond donors (Lipinski definition) is 2. The first-order chi connectivity index (χ1) is 8.46.